The van der Waals surface area contributed by atoms with Gasteiger partial charge in [-0.2, -0.15) is 0 Å². The summed E-state index contributed by atoms with van der Waals surface area (Å²) in [4.78, 5) is 25.1. The molecule has 2 amide bonds. The van der Waals surface area contributed by atoms with Crippen molar-refractivity contribution in [2.24, 2.45) is 0 Å². The smallest absolute Gasteiger partial charge is 0.265 e. The number of nitrogens with one attached hydrogen (secondary N) is 2. The first-order valence-corrected chi connectivity index (χ1v) is 12.2. The number of amides is 2. The quantitative estimate of drug-likeness (QED) is 0.503. The average molecular weight is 487 g/mol. The van der Waals surface area contributed by atoms with Crippen LogP contribution in [0.5, 0.6) is 5.75 Å². The third-order valence-corrected chi connectivity index (χ3v) is 6.09. The first-order valence-electron chi connectivity index (χ1n) is 9.98. The Kier molecular flexibility index (Phi) is 7.40. The Bertz CT molecular complexity index is 1310. The lowest BCUT2D eigenvalue weighted by Crippen LogP contribution is -2.30. The molecule has 0 heterocycles. The molecule has 0 spiro atoms. The summed E-state index contributed by atoms with van der Waals surface area (Å²) in [6.07, 6.45) is 0.326. The Hall–Kier alpha value is -3.36. The number of benzene rings is 3. The molecule has 0 bridgehead atoms. The maximum absolute atomic E-state index is 12.6. The highest BCUT2D eigenvalue weighted by atomic mass is 35.5. The number of ether oxygens (including phenoxy) is 1. The van der Waals surface area contributed by atoms with Crippen LogP contribution in [0.4, 0.5) is 11.4 Å². The number of hydrogen-bond donors (Lipinski definition) is 2. The van der Waals surface area contributed by atoms with Gasteiger partial charge in [0.1, 0.15) is 5.75 Å². The zero-order valence-corrected chi connectivity index (χ0v) is 19.8. The van der Waals surface area contributed by atoms with Crippen molar-refractivity contribution in [1.82, 2.24) is 0 Å². The van der Waals surface area contributed by atoms with E-state index in [2.05, 4.69) is 10.6 Å². The van der Waals surface area contributed by atoms with Gasteiger partial charge in [0.25, 0.3) is 11.8 Å². The SMILES string of the molecule is Cc1cc(NC(=O)C(C)Oc2cccc(Cl)c2)ccc1NC(=O)c1cccc(S(C)(=O)=O)c1. The second-order valence-corrected chi connectivity index (χ2v) is 9.94. The molecular weight excluding hydrogens is 464 g/mol. The highest BCUT2D eigenvalue weighted by molar-refractivity contribution is 7.90. The zero-order chi connectivity index (χ0) is 24.2. The molecular formula is C24H23ClN2O5S. The molecule has 0 aliphatic rings. The molecule has 3 rings (SSSR count). The van der Waals surface area contributed by atoms with Crippen LogP contribution in [0.1, 0.15) is 22.8 Å². The van der Waals surface area contributed by atoms with E-state index in [0.29, 0.717) is 27.7 Å². The Morgan fingerprint density at radius 1 is 0.970 bits per heavy atom. The third kappa shape index (κ3) is 6.57. The monoisotopic (exact) mass is 486 g/mol. The Morgan fingerprint density at radius 3 is 2.36 bits per heavy atom. The van der Waals surface area contributed by atoms with Crippen molar-refractivity contribution in [3.05, 3.63) is 82.9 Å². The number of hydrogen-bond acceptors (Lipinski definition) is 5. The fourth-order valence-corrected chi connectivity index (χ4v) is 3.83. The molecule has 0 radical (unpaired) electrons. The van der Waals surface area contributed by atoms with Gasteiger partial charge in [-0.05, 0) is 74.0 Å². The van der Waals surface area contributed by atoms with Crippen molar-refractivity contribution in [2.45, 2.75) is 24.8 Å². The molecule has 3 aromatic rings. The maximum atomic E-state index is 12.6. The van der Waals surface area contributed by atoms with Gasteiger partial charge in [-0.1, -0.05) is 23.7 Å². The van der Waals surface area contributed by atoms with Crippen molar-refractivity contribution in [2.75, 3.05) is 16.9 Å². The van der Waals surface area contributed by atoms with Crippen molar-refractivity contribution < 1.29 is 22.7 Å². The minimum absolute atomic E-state index is 0.0686. The molecule has 9 heteroatoms. The Labute approximate surface area is 197 Å². The molecule has 33 heavy (non-hydrogen) atoms. The summed E-state index contributed by atoms with van der Waals surface area (Å²) in [5.41, 5.74) is 2.01. The van der Waals surface area contributed by atoms with Gasteiger partial charge in [0.15, 0.2) is 15.9 Å². The van der Waals surface area contributed by atoms with Gasteiger partial charge in [0, 0.05) is 28.2 Å². The predicted octanol–water partition coefficient (Wildman–Crippen LogP) is 4.71. The van der Waals surface area contributed by atoms with Crippen molar-refractivity contribution in [3.8, 4) is 5.75 Å². The molecule has 0 aliphatic carbocycles. The van der Waals surface area contributed by atoms with Crippen LogP contribution >= 0.6 is 11.6 Å². The van der Waals surface area contributed by atoms with E-state index in [1.807, 2.05) is 0 Å². The van der Waals surface area contributed by atoms with E-state index in [0.717, 1.165) is 6.26 Å². The van der Waals surface area contributed by atoms with E-state index in [4.69, 9.17) is 16.3 Å². The standard InChI is InChI=1S/C24H23ClN2O5S/c1-15-12-19(26-23(28)16(2)32-20-8-5-7-18(25)14-20)10-11-22(15)27-24(29)17-6-4-9-21(13-17)33(3,30)31/h4-14,16H,1-3H3,(H,26,28)(H,27,29). The average Bonchev–Trinajstić information content (AvgIpc) is 2.75. The van der Waals surface area contributed by atoms with Gasteiger partial charge < -0.3 is 15.4 Å². The number of anilines is 2. The lowest BCUT2D eigenvalue weighted by atomic mass is 10.1. The fourth-order valence-electron chi connectivity index (χ4n) is 2.99. The second-order valence-electron chi connectivity index (χ2n) is 7.49. The minimum atomic E-state index is -3.42. The summed E-state index contributed by atoms with van der Waals surface area (Å²) in [5, 5.41) is 6.05. The van der Waals surface area contributed by atoms with Gasteiger partial charge in [0.05, 0.1) is 4.90 Å². The second kappa shape index (κ2) is 10.1. The minimum Gasteiger partial charge on any atom is -0.481 e. The third-order valence-electron chi connectivity index (χ3n) is 4.74. The number of carbonyl (C=O) groups is 2. The van der Waals surface area contributed by atoms with Gasteiger partial charge in [-0.15, -0.1) is 0 Å². The molecule has 3 aromatic carbocycles. The molecule has 1 atom stereocenters. The van der Waals surface area contributed by atoms with Crippen LogP contribution in [0.2, 0.25) is 5.02 Å². The summed E-state index contributed by atoms with van der Waals surface area (Å²) in [6.45, 7) is 3.41. The lowest BCUT2D eigenvalue weighted by Gasteiger charge is -2.16. The molecule has 0 aromatic heterocycles. The van der Waals surface area contributed by atoms with E-state index in [1.54, 1.807) is 56.3 Å². The summed E-state index contributed by atoms with van der Waals surface area (Å²) in [7, 11) is -3.42. The molecule has 0 saturated heterocycles. The van der Waals surface area contributed by atoms with Crippen LogP contribution in [0.15, 0.2) is 71.6 Å². The number of rotatable bonds is 7. The fraction of sp³-hybridized carbons (Fsp3) is 0.167. The lowest BCUT2D eigenvalue weighted by molar-refractivity contribution is -0.122. The van der Waals surface area contributed by atoms with Gasteiger partial charge in [-0.3, -0.25) is 9.59 Å². The van der Waals surface area contributed by atoms with E-state index in [-0.39, 0.29) is 16.4 Å². The highest BCUT2D eigenvalue weighted by Crippen LogP contribution is 2.22. The Balaban J connectivity index is 1.66. The molecule has 0 aliphatic heterocycles. The normalized spacial score (nSPS) is 12.0. The maximum Gasteiger partial charge on any atom is 0.265 e. The first-order chi connectivity index (χ1) is 15.5. The van der Waals surface area contributed by atoms with Crippen molar-refractivity contribution in [3.63, 3.8) is 0 Å². The Morgan fingerprint density at radius 2 is 1.70 bits per heavy atom. The van der Waals surface area contributed by atoms with E-state index >= 15 is 0 Å². The molecule has 2 N–H and O–H groups in total. The molecule has 0 saturated carbocycles. The molecule has 7 nitrogen and oxygen atoms in total. The van der Waals surface area contributed by atoms with Crippen LogP contribution in [0, 0.1) is 6.92 Å². The number of sulfone groups is 1. The number of carbonyl (C=O) groups excluding carboxylic acids is 2. The van der Waals surface area contributed by atoms with Crippen LogP contribution in [0.3, 0.4) is 0 Å². The van der Waals surface area contributed by atoms with Crippen LogP contribution in [-0.2, 0) is 14.6 Å². The van der Waals surface area contributed by atoms with Crippen LogP contribution in [0.25, 0.3) is 0 Å². The number of halogens is 1. The van der Waals surface area contributed by atoms with Crippen molar-refractivity contribution >= 4 is 44.6 Å². The summed E-state index contributed by atoms with van der Waals surface area (Å²) >= 11 is 5.94. The topological polar surface area (TPSA) is 102 Å². The molecule has 0 fully saturated rings. The molecule has 172 valence electrons. The van der Waals surface area contributed by atoms with Gasteiger partial charge in [0.2, 0.25) is 0 Å². The van der Waals surface area contributed by atoms with E-state index < -0.39 is 21.8 Å². The largest absolute Gasteiger partial charge is 0.481 e. The highest BCUT2D eigenvalue weighted by Gasteiger charge is 2.16. The van der Waals surface area contributed by atoms with Gasteiger partial charge in [-0.25, -0.2) is 8.42 Å². The van der Waals surface area contributed by atoms with E-state index in [1.165, 1.54) is 24.3 Å². The predicted molar refractivity (Wildman–Crippen MR) is 129 cm³/mol. The van der Waals surface area contributed by atoms with Gasteiger partial charge >= 0.3 is 0 Å². The summed E-state index contributed by atoms with van der Waals surface area (Å²) < 4.78 is 29.1. The zero-order valence-electron chi connectivity index (χ0n) is 18.3. The first kappa shape index (κ1) is 24.3. The molecule has 1 unspecified atom stereocenters. The summed E-state index contributed by atoms with van der Waals surface area (Å²) in [5.74, 6) is -0.299. The van der Waals surface area contributed by atoms with Crippen LogP contribution in [-0.4, -0.2) is 32.6 Å². The van der Waals surface area contributed by atoms with Crippen molar-refractivity contribution in [1.29, 1.82) is 0 Å². The number of aryl methyl sites for hydroxylation is 1. The van der Waals surface area contributed by atoms with Crippen LogP contribution < -0.4 is 15.4 Å². The summed E-state index contributed by atoms with van der Waals surface area (Å²) in [6, 6.07) is 17.6. The van der Waals surface area contributed by atoms with E-state index in [9.17, 15) is 18.0 Å².